The topological polar surface area (TPSA) is 104 Å². The van der Waals surface area contributed by atoms with Crippen molar-refractivity contribution in [3.8, 4) is 11.5 Å². The van der Waals surface area contributed by atoms with Gasteiger partial charge in [-0.15, -0.1) is 10.2 Å². The predicted molar refractivity (Wildman–Crippen MR) is 119 cm³/mol. The molecule has 1 aromatic heterocycles. The lowest BCUT2D eigenvalue weighted by Gasteiger charge is -2.25. The fourth-order valence-corrected chi connectivity index (χ4v) is 3.97. The van der Waals surface area contributed by atoms with E-state index < -0.39 is 6.10 Å². The molecule has 162 valence electrons. The molecule has 31 heavy (non-hydrogen) atoms. The maximum Gasteiger partial charge on any atom is 0.230 e. The van der Waals surface area contributed by atoms with Crippen LogP contribution in [0.25, 0.3) is 0 Å². The van der Waals surface area contributed by atoms with E-state index >= 15 is 0 Å². The fraction of sp³-hybridized carbons (Fsp3) is 0.318. The fourth-order valence-electron chi connectivity index (χ4n) is 3.29. The van der Waals surface area contributed by atoms with Crippen LogP contribution in [0.2, 0.25) is 0 Å². The molecule has 0 spiro atoms. The number of aryl methyl sites for hydroxylation is 1. The minimum absolute atomic E-state index is 0.0850. The van der Waals surface area contributed by atoms with Gasteiger partial charge in [-0.3, -0.25) is 4.79 Å². The molecule has 2 heterocycles. The number of carbonyl (C=O) groups is 1. The number of benzene rings is 2. The number of nitrogens with two attached hydrogens (primary N) is 1. The highest BCUT2D eigenvalue weighted by atomic mass is 32.2. The number of aromatic nitrogens is 3. The lowest BCUT2D eigenvalue weighted by Crippen LogP contribution is -2.29. The first-order chi connectivity index (χ1) is 15.0. The van der Waals surface area contributed by atoms with Crippen LogP contribution in [0.1, 0.15) is 42.9 Å². The van der Waals surface area contributed by atoms with Gasteiger partial charge >= 0.3 is 0 Å². The number of hydrogen-bond acceptors (Lipinski definition) is 7. The Kier molecular flexibility index (Phi) is 6.31. The summed E-state index contributed by atoms with van der Waals surface area (Å²) in [6, 6.07) is 15.6. The number of nitrogens with zero attached hydrogens (tertiary/aromatic N) is 3. The number of nitrogens with one attached hydrogen (secondary N) is 1. The molecule has 9 heteroatoms. The van der Waals surface area contributed by atoms with Crippen molar-refractivity contribution in [3.05, 3.63) is 65.5 Å². The zero-order chi connectivity index (χ0) is 21.8. The smallest absolute Gasteiger partial charge is 0.230 e. The summed E-state index contributed by atoms with van der Waals surface area (Å²) >= 11 is 1.22. The first-order valence-electron chi connectivity index (χ1n) is 10.1. The number of fused-ring (bicyclic) bond motifs is 1. The Bertz CT molecular complexity index is 1050. The average molecular weight is 440 g/mol. The third-order valence-electron chi connectivity index (χ3n) is 5.09. The molecule has 3 N–H and O–H groups in total. The lowest BCUT2D eigenvalue weighted by atomic mass is 10.1. The number of para-hydroxylation sites is 2. The van der Waals surface area contributed by atoms with E-state index in [-0.39, 0.29) is 24.3 Å². The third-order valence-corrected chi connectivity index (χ3v) is 6.03. The monoisotopic (exact) mass is 439 g/mol. The van der Waals surface area contributed by atoms with Crippen molar-refractivity contribution in [2.45, 2.75) is 37.6 Å². The number of amides is 1. The molecule has 0 aliphatic carbocycles. The second-order valence-electron chi connectivity index (χ2n) is 7.25. The molecule has 0 radical (unpaired) electrons. The SMILES string of the molecule is CCc1ccc([C@@H](C)NC(=O)CSc2nnc([C@H]3COc4ccccc4O3)n2N)cc1. The largest absolute Gasteiger partial charge is 0.485 e. The zero-order valence-corrected chi connectivity index (χ0v) is 18.3. The Labute approximate surface area is 185 Å². The molecule has 1 amide bonds. The van der Waals surface area contributed by atoms with Crippen molar-refractivity contribution in [3.63, 3.8) is 0 Å². The van der Waals surface area contributed by atoms with Crippen molar-refractivity contribution >= 4 is 17.7 Å². The van der Waals surface area contributed by atoms with Gasteiger partial charge in [-0.05, 0) is 36.6 Å². The molecular weight excluding hydrogens is 414 g/mol. The third kappa shape index (κ3) is 4.77. The minimum Gasteiger partial charge on any atom is -0.485 e. The van der Waals surface area contributed by atoms with E-state index in [2.05, 4.69) is 34.6 Å². The molecule has 0 saturated heterocycles. The van der Waals surface area contributed by atoms with Crippen LogP contribution >= 0.6 is 11.8 Å². The van der Waals surface area contributed by atoms with E-state index in [0.717, 1.165) is 12.0 Å². The molecule has 3 aromatic rings. The minimum atomic E-state index is -0.471. The van der Waals surface area contributed by atoms with Crippen molar-refractivity contribution in [1.29, 1.82) is 0 Å². The summed E-state index contributed by atoms with van der Waals surface area (Å²) in [5.41, 5.74) is 2.33. The van der Waals surface area contributed by atoms with E-state index in [9.17, 15) is 4.79 Å². The van der Waals surface area contributed by atoms with Gasteiger partial charge in [0, 0.05) is 0 Å². The van der Waals surface area contributed by atoms with Gasteiger partial charge in [0.05, 0.1) is 11.8 Å². The quantitative estimate of drug-likeness (QED) is 0.431. The molecule has 1 aliphatic rings. The normalized spacial score (nSPS) is 16.0. The average Bonchev–Trinajstić information content (AvgIpc) is 3.17. The van der Waals surface area contributed by atoms with Crippen molar-refractivity contribution in [2.75, 3.05) is 18.2 Å². The van der Waals surface area contributed by atoms with Gasteiger partial charge in [-0.2, -0.15) is 0 Å². The predicted octanol–water partition coefficient (Wildman–Crippen LogP) is 3.04. The van der Waals surface area contributed by atoms with Crippen molar-refractivity contribution in [2.24, 2.45) is 0 Å². The molecule has 1 aliphatic heterocycles. The number of thioether (sulfide) groups is 1. The molecule has 4 rings (SSSR count). The van der Waals surface area contributed by atoms with E-state index in [1.165, 1.54) is 22.0 Å². The van der Waals surface area contributed by atoms with Gasteiger partial charge in [0.2, 0.25) is 11.1 Å². The summed E-state index contributed by atoms with van der Waals surface area (Å²) in [6.07, 6.45) is 0.519. The van der Waals surface area contributed by atoms with Crippen LogP contribution in [0.15, 0.2) is 53.7 Å². The Morgan fingerprint density at radius 2 is 1.97 bits per heavy atom. The number of nitrogen functional groups attached to an aromatic ring is 1. The Morgan fingerprint density at radius 1 is 1.23 bits per heavy atom. The number of ether oxygens (including phenoxy) is 2. The summed E-state index contributed by atoms with van der Waals surface area (Å²) in [6.45, 7) is 4.36. The summed E-state index contributed by atoms with van der Waals surface area (Å²) < 4.78 is 13.0. The highest BCUT2D eigenvalue weighted by molar-refractivity contribution is 7.99. The van der Waals surface area contributed by atoms with Gasteiger partial charge in [-0.25, -0.2) is 4.68 Å². The Hall–Kier alpha value is -3.20. The molecule has 2 aromatic carbocycles. The van der Waals surface area contributed by atoms with Crippen LogP contribution in [0.4, 0.5) is 0 Å². The summed E-state index contributed by atoms with van der Waals surface area (Å²) in [5, 5.41) is 11.7. The van der Waals surface area contributed by atoms with Crippen LogP contribution in [0.5, 0.6) is 11.5 Å². The molecule has 0 fully saturated rings. The van der Waals surface area contributed by atoms with Crippen molar-refractivity contribution < 1.29 is 14.3 Å². The van der Waals surface area contributed by atoms with Gasteiger partial charge in [0.25, 0.3) is 0 Å². The van der Waals surface area contributed by atoms with Gasteiger partial charge < -0.3 is 20.6 Å². The first kappa shape index (κ1) is 21.0. The maximum absolute atomic E-state index is 12.4. The number of rotatable bonds is 7. The van der Waals surface area contributed by atoms with Crippen molar-refractivity contribution in [1.82, 2.24) is 20.2 Å². The number of carbonyl (C=O) groups excluding carboxylic acids is 1. The summed E-state index contributed by atoms with van der Waals surface area (Å²) in [7, 11) is 0. The molecule has 0 bridgehead atoms. The molecular formula is C22H25N5O3S. The summed E-state index contributed by atoms with van der Waals surface area (Å²) in [5.74, 6) is 8.01. The maximum atomic E-state index is 12.4. The number of hydrogen-bond donors (Lipinski definition) is 2. The second kappa shape index (κ2) is 9.30. The highest BCUT2D eigenvalue weighted by Crippen LogP contribution is 2.35. The van der Waals surface area contributed by atoms with Crippen LogP contribution in [-0.4, -0.2) is 33.1 Å². The van der Waals surface area contributed by atoms with Crippen LogP contribution in [0, 0.1) is 0 Å². The molecule has 0 unspecified atom stereocenters. The second-order valence-corrected chi connectivity index (χ2v) is 8.19. The van der Waals surface area contributed by atoms with Gasteiger partial charge in [0.1, 0.15) is 6.61 Å². The van der Waals surface area contributed by atoms with E-state index in [1.807, 2.05) is 43.3 Å². The van der Waals surface area contributed by atoms with Gasteiger partial charge in [-0.1, -0.05) is 55.1 Å². The van der Waals surface area contributed by atoms with E-state index in [4.69, 9.17) is 15.3 Å². The first-order valence-corrected chi connectivity index (χ1v) is 11.1. The Morgan fingerprint density at radius 3 is 2.71 bits per heavy atom. The van der Waals surface area contributed by atoms with Crippen LogP contribution in [-0.2, 0) is 11.2 Å². The molecule has 2 atom stereocenters. The standard InChI is InChI=1S/C22H25N5O3S/c1-3-15-8-10-16(11-9-15)14(2)24-20(28)13-31-22-26-25-21(27(22)23)19-12-29-17-6-4-5-7-18(17)30-19/h4-11,14,19H,3,12-13,23H2,1-2H3,(H,24,28)/t14-,19-/m1/s1. The lowest BCUT2D eigenvalue weighted by molar-refractivity contribution is -0.119. The molecule has 0 saturated carbocycles. The highest BCUT2D eigenvalue weighted by Gasteiger charge is 2.28. The molecule has 8 nitrogen and oxygen atoms in total. The zero-order valence-electron chi connectivity index (χ0n) is 17.4. The van der Waals surface area contributed by atoms with Gasteiger partial charge in [0.15, 0.2) is 23.4 Å². The summed E-state index contributed by atoms with van der Waals surface area (Å²) in [4.78, 5) is 12.4. The van der Waals surface area contributed by atoms with Crippen LogP contribution in [0.3, 0.4) is 0 Å². The van der Waals surface area contributed by atoms with E-state index in [0.29, 0.717) is 22.5 Å². The Balaban J connectivity index is 1.33. The van der Waals surface area contributed by atoms with E-state index in [1.54, 1.807) is 0 Å². The van der Waals surface area contributed by atoms with Crippen LogP contribution < -0.4 is 20.6 Å².